The van der Waals surface area contributed by atoms with E-state index < -0.39 is 6.34 Å². The molecule has 0 saturated carbocycles. The van der Waals surface area contributed by atoms with Crippen LogP contribution in [0.15, 0.2) is 12.1 Å². The molecule has 34 heavy (non-hydrogen) atoms. The minimum Gasteiger partial charge on any atom is -0.342 e. The van der Waals surface area contributed by atoms with Gasteiger partial charge in [0.2, 0.25) is 0 Å². The highest BCUT2D eigenvalue weighted by Crippen LogP contribution is 2.55. The smallest absolute Gasteiger partial charge is 0.135 e. The van der Waals surface area contributed by atoms with Crippen LogP contribution >= 0.6 is 14.7 Å². The largest absolute Gasteiger partial charge is 0.342 e. The van der Waals surface area contributed by atoms with Crippen LogP contribution < -0.4 is 10.1 Å². The molecule has 3 rings (SSSR count). The van der Waals surface area contributed by atoms with Crippen molar-refractivity contribution in [1.82, 2.24) is 14.2 Å². The molecule has 1 aliphatic heterocycles. The Bertz CT molecular complexity index is 1040. The minimum absolute atomic E-state index is 0.0103. The first kappa shape index (κ1) is 27.9. The van der Waals surface area contributed by atoms with Gasteiger partial charge in [-0.05, 0) is 52.7 Å². The van der Waals surface area contributed by atoms with E-state index in [0.717, 1.165) is 27.1 Å². The maximum atomic E-state index is 6.74. The molecule has 0 bridgehead atoms. The number of hydrogen-bond donors (Lipinski definition) is 1. The Kier molecular flexibility index (Phi) is 7.88. The highest BCUT2D eigenvalue weighted by Gasteiger charge is 2.37. The summed E-state index contributed by atoms with van der Waals surface area (Å²) < 4.78 is 4.62. The lowest BCUT2D eigenvalue weighted by molar-refractivity contribution is 0.372. The van der Waals surface area contributed by atoms with E-state index in [1.807, 2.05) is 11.5 Å². The molecule has 1 N–H and O–H groups in total. The lowest BCUT2D eigenvalue weighted by Gasteiger charge is -2.41. The third kappa shape index (κ3) is 5.80. The number of piperidine rings is 1. The van der Waals surface area contributed by atoms with Gasteiger partial charge in [0, 0.05) is 34.2 Å². The van der Waals surface area contributed by atoms with Gasteiger partial charge in [-0.15, -0.1) is 0 Å². The molecule has 0 aliphatic carbocycles. The Morgan fingerprint density at radius 3 is 1.76 bits per heavy atom. The average Bonchev–Trinajstić information content (AvgIpc) is 3.04. The van der Waals surface area contributed by atoms with E-state index in [4.69, 9.17) is 16.9 Å². The Hall–Kier alpha value is -0.730. The predicted molar refractivity (Wildman–Crippen MR) is 156 cm³/mol. The standard InChI is InChI=1S/C27H46N4P2S/c1-19-24(32-30(11)28-19)33(34,31-15-13-12-14-16-31)29-23-21(26(5,6)7)17-20(25(2,3)4)18-22(23)27(8,9)10/h17-18H,12-16H2,1-11H3,(H,29,34). The van der Waals surface area contributed by atoms with Crippen LogP contribution in [0.2, 0.25) is 0 Å². The van der Waals surface area contributed by atoms with E-state index in [9.17, 15) is 0 Å². The molecule has 1 atom stereocenters. The van der Waals surface area contributed by atoms with Crippen molar-refractivity contribution in [2.24, 2.45) is 7.05 Å². The third-order valence-electron chi connectivity index (χ3n) is 6.76. The van der Waals surface area contributed by atoms with Crippen molar-refractivity contribution < 1.29 is 0 Å². The molecule has 4 nitrogen and oxygen atoms in total. The van der Waals surface area contributed by atoms with Crippen molar-refractivity contribution in [3.8, 4) is 0 Å². The molecule has 1 aromatic heterocycles. The highest BCUT2D eigenvalue weighted by molar-refractivity contribution is 8.19. The molecule has 1 saturated heterocycles. The second kappa shape index (κ2) is 9.62. The number of nitrogens with one attached hydrogen (secondary N) is 1. The summed E-state index contributed by atoms with van der Waals surface area (Å²) in [5.41, 5.74) is 6.54. The first-order valence-electron chi connectivity index (χ1n) is 12.7. The topological polar surface area (TPSA) is 33.1 Å². The van der Waals surface area contributed by atoms with Gasteiger partial charge in [-0.25, -0.2) is 4.44 Å². The Balaban J connectivity index is 2.33. The zero-order valence-corrected chi connectivity index (χ0v) is 25.9. The number of aryl methyl sites for hydroxylation is 2. The first-order chi connectivity index (χ1) is 15.4. The number of hydrogen-bond acceptors (Lipinski definition) is 2. The van der Waals surface area contributed by atoms with Crippen molar-refractivity contribution in [1.29, 1.82) is 0 Å². The van der Waals surface area contributed by atoms with Crippen LogP contribution in [-0.2, 0) is 35.1 Å². The summed E-state index contributed by atoms with van der Waals surface area (Å²) >= 11 is 6.74. The zero-order chi connectivity index (χ0) is 25.7. The van der Waals surface area contributed by atoms with Crippen molar-refractivity contribution in [3.63, 3.8) is 0 Å². The van der Waals surface area contributed by atoms with Crippen LogP contribution in [0.5, 0.6) is 0 Å². The van der Waals surface area contributed by atoms with E-state index in [1.165, 1.54) is 46.7 Å². The molecule has 2 heterocycles. The van der Waals surface area contributed by atoms with E-state index in [-0.39, 0.29) is 16.2 Å². The van der Waals surface area contributed by atoms with Gasteiger partial charge >= 0.3 is 0 Å². The number of benzene rings is 1. The SMILES string of the molecule is Cc1nn(C)pc1P(=S)(Nc1c(C(C)(C)C)cc(C(C)(C)C)cc1C(C)(C)C)N1CCCCC1. The summed E-state index contributed by atoms with van der Waals surface area (Å²) in [6.07, 6.45) is 1.48. The van der Waals surface area contributed by atoms with Gasteiger partial charge in [0.05, 0.1) is 10.7 Å². The van der Waals surface area contributed by atoms with Gasteiger partial charge in [-0.3, -0.25) is 4.67 Å². The van der Waals surface area contributed by atoms with Crippen LogP contribution in [0, 0.1) is 6.92 Å². The predicted octanol–water partition coefficient (Wildman–Crippen LogP) is 7.73. The summed E-state index contributed by atoms with van der Waals surface area (Å²) in [7, 11) is 3.17. The van der Waals surface area contributed by atoms with Gasteiger partial charge < -0.3 is 5.09 Å². The van der Waals surface area contributed by atoms with Crippen molar-refractivity contribution >= 4 is 37.2 Å². The summed E-state index contributed by atoms with van der Waals surface area (Å²) in [6.45, 7) is 25.2. The number of nitrogens with zero attached hydrogens (tertiary/aromatic N) is 3. The summed E-state index contributed by atoms with van der Waals surface area (Å²) in [6, 6.07) is 4.88. The zero-order valence-electron chi connectivity index (χ0n) is 23.3. The Morgan fingerprint density at radius 1 is 0.882 bits per heavy atom. The molecule has 2 aromatic rings. The molecule has 0 spiro atoms. The van der Waals surface area contributed by atoms with Gasteiger partial charge in [0.25, 0.3) is 0 Å². The third-order valence-corrected chi connectivity index (χ3v) is 13.3. The van der Waals surface area contributed by atoms with Crippen LogP contribution in [0.3, 0.4) is 0 Å². The van der Waals surface area contributed by atoms with Crippen molar-refractivity contribution in [2.75, 3.05) is 18.2 Å². The summed E-state index contributed by atoms with van der Waals surface area (Å²) in [5.74, 6) is 0. The molecule has 1 aliphatic rings. The molecular formula is C27H46N4P2S. The van der Waals surface area contributed by atoms with E-state index in [1.54, 1.807) is 0 Å². The monoisotopic (exact) mass is 520 g/mol. The normalized spacial score (nSPS) is 18.3. The van der Waals surface area contributed by atoms with Gasteiger partial charge in [0.1, 0.15) is 6.34 Å². The number of anilines is 1. The maximum absolute atomic E-state index is 6.74. The summed E-state index contributed by atoms with van der Waals surface area (Å²) in [4.78, 5) is 0. The molecular weight excluding hydrogens is 474 g/mol. The van der Waals surface area contributed by atoms with E-state index in [2.05, 4.69) is 91.1 Å². The molecule has 0 radical (unpaired) electrons. The quantitative estimate of drug-likeness (QED) is 0.418. The maximum Gasteiger partial charge on any atom is 0.135 e. The van der Waals surface area contributed by atoms with Gasteiger partial charge in [-0.2, -0.15) is 5.10 Å². The summed E-state index contributed by atoms with van der Waals surface area (Å²) in [5, 5.41) is 10.2. The van der Waals surface area contributed by atoms with Gasteiger partial charge in [0.15, 0.2) is 0 Å². The lowest BCUT2D eigenvalue weighted by Crippen LogP contribution is -2.35. The van der Waals surface area contributed by atoms with Crippen LogP contribution in [-0.4, -0.2) is 27.3 Å². The van der Waals surface area contributed by atoms with Crippen LogP contribution in [0.1, 0.15) is 104 Å². The molecule has 1 fully saturated rings. The molecule has 7 heteroatoms. The fraction of sp³-hybridized carbons (Fsp3) is 0.704. The highest BCUT2D eigenvalue weighted by atomic mass is 32.4. The molecule has 0 amide bonds. The van der Waals surface area contributed by atoms with Crippen LogP contribution in [0.4, 0.5) is 5.69 Å². The Morgan fingerprint density at radius 2 is 1.38 bits per heavy atom. The van der Waals surface area contributed by atoms with Crippen molar-refractivity contribution in [2.45, 2.75) is 105 Å². The fourth-order valence-corrected chi connectivity index (χ4v) is 10.6. The van der Waals surface area contributed by atoms with Crippen molar-refractivity contribution in [3.05, 3.63) is 34.5 Å². The molecule has 190 valence electrons. The minimum atomic E-state index is -2.26. The fourth-order valence-electron chi connectivity index (χ4n) is 4.72. The molecule has 1 unspecified atom stereocenters. The second-order valence-corrected chi connectivity index (χ2v) is 18.5. The average molecular weight is 521 g/mol. The number of rotatable bonds is 4. The lowest BCUT2D eigenvalue weighted by atomic mass is 9.74. The number of aromatic nitrogens is 2. The van der Waals surface area contributed by atoms with Gasteiger partial charge in [-0.1, -0.05) is 92.7 Å². The van der Waals surface area contributed by atoms with E-state index >= 15 is 0 Å². The molecule has 1 aromatic carbocycles. The second-order valence-electron chi connectivity index (χ2n) is 13.0. The van der Waals surface area contributed by atoms with Crippen LogP contribution in [0.25, 0.3) is 0 Å². The first-order valence-corrected chi connectivity index (χ1v) is 16.3. The Labute approximate surface area is 215 Å². The van der Waals surface area contributed by atoms with E-state index in [0.29, 0.717) is 0 Å².